The second-order valence-electron chi connectivity index (χ2n) is 3.63. The van der Waals surface area contributed by atoms with Gasteiger partial charge in [-0.15, -0.1) is 11.3 Å². The Morgan fingerprint density at radius 2 is 2.37 bits per heavy atom. The number of guanidine groups is 1. The molecule has 2 rings (SSSR count). The topological polar surface area (TPSA) is 114 Å². The van der Waals surface area contributed by atoms with Crippen molar-refractivity contribution >= 4 is 34.2 Å². The highest BCUT2D eigenvalue weighted by atomic mass is 32.2. The molecule has 0 amide bonds. The predicted octanol–water partition coefficient (Wildman–Crippen LogP) is 2.15. The molecular formula is C11H13N5OS2. The Morgan fingerprint density at radius 3 is 3.00 bits per heavy atom. The second-order valence-corrected chi connectivity index (χ2v) is 5.54. The number of nitrogens with zero attached hydrogens (tertiary/aromatic N) is 2. The molecule has 0 radical (unpaired) electrons. The highest BCUT2D eigenvalue weighted by Gasteiger charge is 2.12. The van der Waals surface area contributed by atoms with Crippen LogP contribution in [0.5, 0.6) is 0 Å². The van der Waals surface area contributed by atoms with Crippen LogP contribution in [0.1, 0.15) is 11.5 Å². The molecule has 100 valence electrons. The summed E-state index contributed by atoms with van der Waals surface area (Å²) in [5, 5.41) is 9.57. The molecule has 0 aliphatic heterocycles. The molecule has 8 heteroatoms. The molecule has 2 heterocycles. The van der Waals surface area contributed by atoms with Crippen molar-refractivity contribution in [2.45, 2.75) is 12.7 Å². The van der Waals surface area contributed by atoms with E-state index in [9.17, 15) is 0 Å². The van der Waals surface area contributed by atoms with E-state index in [1.165, 1.54) is 11.8 Å². The van der Waals surface area contributed by atoms with Gasteiger partial charge in [-0.05, 0) is 18.4 Å². The number of nitrogens with two attached hydrogens (primary N) is 2. The van der Waals surface area contributed by atoms with Gasteiger partial charge in [0.1, 0.15) is 5.76 Å². The fraction of sp³-hybridized carbons (Fsp3) is 0.182. The van der Waals surface area contributed by atoms with E-state index in [1.807, 2.05) is 24.4 Å². The molecule has 19 heavy (non-hydrogen) atoms. The molecule has 2 aromatic rings. The quantitative estimate of drug-likeness (QED) is 0.593. The number of hydrogen-bond acceptors (Lipinski definition) is 5. The maximum Gasteiger partial charge on any atom is 0.236 e. The molecule has 0 aliphatic rings. The Labute approximate surface area is 118 Å². The third-order valence-corrected chi connectivity index (χ3v) is 3.84. The normalized spacial score (nSPS) is 10.4. The molecular weight excluding hydrogens is 282 g/mol. The van der Waals surface area contributed by atoms with Crippen LogP contribution in [0.2, 0.25) is 0 Å². The first-order valence-corrected chi connectivity index (χ1v) is 7.24. The predicted molar refractivity (Wildman–Crippen MR) is 79.4 cm³/mol. The molecule has 0 aliphatic carbocycles. The molecule has 2 aromatic heterocycles. The average Bonchev–Trinajstić information content (AvgIpc) is 2.94. The number of rotatable bonds is 3. The lowest BCUT2D eigenvalue weighted by molar-refractivity contribution is 0.542. The lowest BCUT2D eigenvalue weighted by Crippen LogP contribution is -2.23. The van der Waals surface area contributed by atoms with E-state index in [4.69, 9.17) is 21.3 Å². The third-order valence-electron chi connectivity index (χ3n) is 2.20. The molecule has 0 saturated heterocycles. The van der Waals surface area contributed by atoms with Gasteiger partial charge in [-0.25, -0.2) is 4.98 Å². The van der Waals surface area contributed by atoms with E-state index in [1.54, 1.807) is 11.3 Å². The summed E-state index contributed by atoms with van der Waals surface area (Å²) in [6.45, 7) is 1.85. The van der Waals surface area contributed by atoms with Crippen LogP contribution < -0.4 is 11.5 Å². The van der Waals surface area contributed by atoms with Gasteiger partial charge in [0.2, 0.25) is 5.89 Å². The zero-order chi connectivity index (χ0) is 13.8. The van der Waals surface area contributed by atoms with Crippen molar-refractivity contribution in [3.8, 4) is 10.8 Å². The van der Waals surface area contributed by atoms with E-state index in [-0.39, 0.29) is 11.1 Å². The first-order valence-electron chi connectivity index (χ1n) is 5.37. The Hall–Kier alpha value is -1.80. The number of aromatic nitrogens is 1. The Morgan fingerprint density at radius 1 is 1.58 bits per heavy atom. The lowest BCUT2D eigenvalue weighted by Gasteiger charge is -1.96. The number of oxazole rings is 1. The largest absolute Gasteiger partial charge is 0.440 e. The monoisotopic (exact) mass is 295 g/mol. The number of nitrogens with one attached hydrogen (secondary N) is 1. The molecule has 0 fully saturated rings. The maximum atomic E-state index is 7.54. The first kappa shape index (κ1) is 13.6. The SMILES string of the molecule is Cc1oc(-c2cccs2)nc1CSC(=N)N=C(N)N. The summed E-state index contributed by atoms with van der Waals surface area (Å²) in [7, 11) is 0. The minimum absolute atomic E-state index is 0.0556. The van der Waals surface area contributed by atoms with Gasteiger partial charge in [0, 0.05) is 5.75 Å². The van der Waals surface area contributed by atoms with Crippen molar-refractivity contribution in [2.24, 2.45) is 16.5 Å². The number of thiophene rings is 1. The zero-order valence-corrected chi connectivity index (χ0v) is 11.8. The highest BCUT2D eigenvalue weighted by molar-refractivity contribution is 8.13. The average molecular weight is 295 g/mol. The fourth-order valence-electron chi connectivity index (χ4n) is 1.35. The van der Waals surface area contributed by atoms with Gasteiger partial charge in [-0.3, -0.25) is 5.41 Å². The fourth-order valence-corrected chi connectivity index (χ4v) is 2.71. The molecule has 0 unspecified atom stereocenters. The molecule has 0 bridgehead atoms. The van der Waals surface area contributed by atoms with Crippen molar-refractivity contribution in [2.75, 3.05) is 0 Å². The van der Waals surface area contributed by atoms with Crippen LogP contribution in [-0.4, -0.2) is 16.1 Å². The van der Waals surface area contributed by atoms with Crippen molar-refractivity contribution < 1.29 is 4.42 Å². The summed E-state index contributed by atoms with van der Waals surface area (Å²) >= 11 is 2.77. The molecule has 0 atom stereocenters. The van der Waals surface area contributed by atoms with Crippen molar-refractivity contribution in [3.05, 3.63) is 29.0 Å². The van der Waals surface area contributed by atoms with E-state index in [0.717, 1.165) is 16.3 Å². The van der Waals surface area contributed by atoms with E-state index in [0.29, 0.717) is 11.6 Å². The summed E-state index contributed by atoms with van der Waals surface area (Å²) in [5.74, 6) is 1.73. The molecule has 5 N–H and O–H groups in total. The van der Waals surface area contributed by atoms with E-state index >= 15 is 0 Å². The van der Waals surface area contributed by atoms with Crippen LogP contribution >= 0.6 is 23.1 Å². The summed E-state index contributed by atoms with van der Waals surface area (Å²) in [5.41, 5.74) is 11.2. The highest BCUT2D eigenvalue weighted by Crippen LogP contribution is 2.27. The van der Waals surface area contributed by atoms with E-state index < -0.39 is 0 Å². The number of amidine groups is 1. The Kier molecular flexibility index (Phi) is 4.23. The maximum absolute atomic E-state index is 7.54. The Bertz CT molecular complexity index is 599. The lowest BCUT2D eigenvalue weighted by atomic mass is 10.4. The van der Waals surface area contributed by atoms with Gasteiger partial charge in [-0.1, -0.05) is 17.8 Å². The molecule has 0 aromatic carbocycles. The van der Waals surface area contributed by atoms with Crippen molar-refractivity contribution in [1.29, 1.82) is 5.41 Å². The third kappa shape index (κ3) is 3.58. The summed E-state index contributed by atoms with van der Waals surface area (Å²) in [6.07, 6.45) is 0. The van der Waals surface area contributed by atoms with Gasteiger partial charge in [0.15, 0.2) is 11.1 Å². The van der Waals surface area contributed by atoms with Crippen LogP contribution in [0.25, 0.3) is 10.8 Å². The van der Waals surface area contributed by atoms with Crippen LogP contribution in [0, 0.1) is 12.3 Å². The first-order chi connectivity index (χ1) is 9.06. The van der Waals surface area contributed by atoms with Crippen LogP contribution in [0.4, 0.5) is 0 Å². The summed E-state index contributed by atoms with van der Waals surface area (Å²) < 4.78 is 5.60. The minimum Gasteiger partial charge on any atom is -0.440 e. The van der Waals surface area contributed by atoms with Crippen molar-refractivity contribution in [3.63, 3.8) is 0 Å². The number of aliphatic imine (C=N–C) groups is 1. The smallest absolute Gasteiger partial charge is 0.236 e. The van der Waals surface area contributed by atoms with E-state index in [2.05, 4.69) is 9.98 Å². The number of thioether (sulfide) groups is 1. The minimum atomic E-state index is -0.117. The second kappa shape index (κ2) is 5.89. The van der Waals surface area contributed by atoms with Gasteiger partial charge in [0.25, 0.3) is 0 Å². The van der Waals surface area contributed by atoms with Gasteiger partial charge in [-0.2, -0.15) is 4.99 Å². The van der Waals surface area contributed by atoms with Crippen LogP contribution in [0.3, 0.4) is 0 Å². The standard InChI is InChI=1S/C11H13N5OS2/c1-6-7(5-19-11(14)16-10(12)13)15-9(17-6)8-3-2-4-18-8/h2-4H,5H2,1H3,(H5,12,13,14,16). The van der Waals surface area contributed by atoms with Crippen molar-refractivity contribution in [1.82, 2.24) is 4.98 Å². The molecule has 0 spiro atoms. The molecule has 0 saturated carbocycles. The number of hydrogen-bond donors (Lipinski definition) is 3. The van der Waals surface area contributed by atoms with Crippen LogP contribution in [-0.2, 0) is 5.75 Å². The summed E-state index contributed by atoms with van der Waals surface area (Å²) in [4.78, 5) is 9.04. The van der Waals surface area contributed by atoms with Gasteiger partial charge >= 0.3 is 0 Å². The van der Waals surface area contributed by atoms with Gasteiger partial charge < -0.3 is 15.9 Å². The number of aryl methyl sites for hydroxylation is 1. The van der Waals surface area contributed by atoms with Gasteiger partial charge in [0.05, 0.1) is 10.6 Å². The zero-order valence-electron chi connectivity index (χ0n) is 10.2. The summed E-state index contributed by atoms with van der Waals surface area (Å²) in [6, 6.07) is 3.90. The molecule has 6 nitrogen and oxygen atoms in total. The van der Waals surface area contributed by atoms with Crippen LogP contribution in [0.15, 0.2) is 26.9 Å². The Balaban J connectivity index is 2.06.